The van der Waals surface area contributed by atoms with E-state index in [1.807, 2.05) is 4.90 Å². The van der Waals surface area contributed by atoms with E-state index in [-0.39, 0.29) is 17.6 Å². The van der Waals surface area contributed by atoms with Crippen molar-refractivity contribution in [3.05, 3.63) is 35.6 Å². The summed E-state index contributed by atoms with van der Waals surface area (Å²) in [4.78, 5) is 29.0. The molecule has 2 fully saturated rings. The first-order valence-corrected chi connectivity index (χ1v) is 10.7. The van der Waals surface area contributed by atoms with Crippen molar-refractivity contribution >= 4 is 11.8 Å². The molecule has 2 aliphatic rings. The van der Waals surface area contributed by atoms with Gasteiger partial charge in [0, 0.05) is 38.2 Å². The van der Waals surface area contributed by atoms with Gasteiger partial charge < -0.3 is 15.1 Å². The van der Waals surface area contributed by atoms with Crippen LogP contribution >= 0.6 is 0 Å². The summed E-state index contributed by atoms with van der Waals surface area (Å²) in [5.74, 6) is 0.155. The van der Waals surface area contributed by atoms with Crippen molar-refractivity contribution in [3.8, 4) is 0 Å². The molecule has 2 heterocycles. The standard InChI is InChI=1S/C22H32FN3O2/c23-20-7-5-19(6-8-20)22(28)24-12-9-21(27)26-15-10-18(11-16-26)17-25-13-3-1-2-4-14-25/h5-8,18H,1-4,9-17H2,(H,24,28). The first kappa shape index (κ1) is 20.8. The second-order valence-corrected chi connectivity index (χ2v) is 8.05. The Morgan fingerprint density at radius 1 is 0.964 bits per heavy atom. The lowest BCUT2D eigenvalue weighted by molar-refractivity contribution is -0.132. The molecule has 3 rings (SSSR count). The molecule has 154 valence electrons. The number of amides is 2. The summed E-state index contributed by atoms with van der Waals surface area (Å²) in [5, 5.41) is 2.74. The highest BCUT2D eigenvalue weighted by Gasteiger charge is 2.24. The summed E-state index contributed by atoms with van der Waals surface area (Å²) < 4.78 is 12.9. The molecule has 1 aromatic carbocycles. The summed E-state index contributed by atoms with van der Waals surface area (Å²) in [6.07, 6.45) is 7.82. The minimum atomic E-state index is -0.369. The molecule has 2 aliphatic heterocycles. The van der Waals surface area contributed by atoms with Gasteiger partial charge in [0.2, 0.25) is 5.91 Å². The van der Waals surface area contributed by atoms with Crippen LogP contribution in [0.1, 0.15) is 55.3 Å². The van der Waals surface area contributed by atoms with Crippen LogP contribution in [0, 0.1) is 11.7 Å². The summed E-state index contributed by atoms with van der Waals surface area (Å²) in [6, 6.07) is 5.41. The number of rotatable bonds is 6. The van der Waals surface area contributed by atoms with Gasteiger partial charge in [0.05, 0.1) is 0 Å². The number of halogens is 1. The number of nitrogens with zero attached hydrogens (tertiary/aromatic N) is 2. The number of piperidine rings is 1. The largest absolute Gasteiger partial charge is 0.352 e. The van der Waals surface area contributed by atoms with Crippen LogP contribution in [0.15, 0.2) is 24.3 Å². The first-order chi connectivity index (χ1) is 13.6. The average Bonchev–Trinajstić information content (AvgIpc) is 2.97. The van der Waals surface area contributed by atoms with Crippen LogP contribution in [0.4, 0.5) is 4.39 Å². The number of carbonyl (C=O) groups excluding carboxylic acids is 2. The minimum Gasteiger partial charge on any atom is -0.352 e. The Labute approximate surface area is 167 Å². The van der Waals surface area contributed by atoms with E-state index in [0.717, 1.165) is 25.9 Å². The summed E-state index contributed by atoms with van der Waals surface area (Å²) in [5.41, 5.74) is 0.406. The second-order valence-electron chi connectivity index (χ2n) is 8.05. The molecule has 5 nitrogen and oxygen atoms in total. The molecule has 0 aromatic heterocycles. The predicted octanol–water partition coefficient (Wildman–Crippen LogP) is 3.06. The SMILES string of the molecule is O=C(NCCC(=O)N1CCC(CN2CCCCCC2)CC1)c1ccc(F)cc1. The Morgan fingerprint density at radius 3 is 2.25 bits per heavy atom. The van der Waals surface area contributed by atoms with E-state index in [1.165, 1.54) is 69.6 Å². The maximum absolute atomic E-state index is 12.9. The van der Waals surface area contributed by atoms with Gasteiger partial charge in [-0.05, 0) is 69.0 Å². The van der Waals surface area contributed by atoms with Crippen LogP contribution in [-0.2, 0) is 4.79 Å². The van der Waals surface area contributed by atoms with E-state index >= 15 is 0 Å². The number of hydrogen-bond acceptors (Lipinski definition) is 3. The maximum Gasteiger partial charge on any atom is 0.251 e. The topological polar surface area (TPSA) is 52.7 Å². The van der Waals surface area contributed by atoms with Crippen molar-refractivity contribution in [3.63, 3.8) is 0 Å². The Kier molecular flexibility index (Phi) is 7.83. The molecule has 2 saturated heterocycles. The number of carbonyl (C=O) groups is 2. The molecular weight excluding hydrogens is 357 g/mol. The van der Waals surface area contributed by atoms with Crippen LogP contribution in [0.3, 0.4) is 0 Å². The molecule has 0 aliphatic carbocycles. The molecule has 1 N–H and O–H groups in total. The fourth-order valence-corrected chi connectivity index (χ4v) is 4.19. The molecule has 0 saturated carbocycles. The fraction of sp³-hybridized carbons (Fsp3) is 0.636. The zero-order chi connectivity index (χ0) is 19.8. The van der Waals surface area contributed by atoms with Gasteiger partial charge >= 0.3 is 0 Å². The molecule has 0 unspecified atom stereocenters. The number of hydrogen-bond donors (Lipinski definition) is 1. The van der Waals surface area contributed by atoms with Gasteiger partial charge in [0.25, 0.3) is 5.91 Å². The van der Waals surface area contributed by atoms with Crippen molar-refractivity contribution in [2.75, 3.05) is 39.3 Å². The third-order valence-corrected chi connectivity index (χ3v) is 5.91. The quantitative estimate of drug-likeness (QED) is 0.814. The molecule has 28 heavy (non-hydrogen) atoms. The summed E-state index contributed by atoms with van der Waals surface area (Å²) >= 11 is 0. The van der Waals surface area contributed by atoms with Gasteiger partial charge in [0.1, 0.15) is 5.82 Å². The Morgan fingerprint density at radius 2 is 1.61 bits per heavy atom. The molecule has 0 radical (unpaired) electrons. The Balaban J connectivity index is 1.33. The molecule has 0 atom stereocenters. The van der Waals surface area contributed by atoms with Crippen molar-refractivity contribution < 1.29 is 14.0 Å². The second kappa shape index (κ2) is 10.6. The van der Waals surface area contributed by atoms with Crippen molar-refractivity contribution in [2.24, 2.45) is 5.92 Å². The Hall–Kier alpha value is -1.95. The van der Waals surface area contributed by atoms with Crippen LogP contribution in [0.5, 0.6) is 0 Å². The fourth-order valence-electron chi connectivity index (χ4n) is 4.19. The van der Waals surface area contributed by atoms with Crippen LogP contribution in [0.25, 0.3) is 0 Å². The van der Waals surface area contributed by atoms with E-state index < -0.39 is 0 Å². The normalized spacial score (nSPS) is 19.2. The summed E-state index contributed by atoms with van der Waals surface area (Å²) in [6.45, 7) is 5.59. The van der Waals surface area contributed by atoms with E-state index in [0.29, 0.717) is 24.4 Å². The van der Waals surface area contributed by atoms with Crippen molar-refractivity contribution in [1.29, 1.82) is 0 Å². The third kappa shape index (κ3) is 6.30. The molecule has 0 bridgehead atoms. The smallest absolute Gasteiger partial charge is 0.251 e. The highest BCUT2D eigenvalue weighted by atomic mass is 19.1. The van der Waals surface area contributed by atoms with E-state index in [1.54, 1.807) is 0 Å². The number of benzene rings is 1. The van der Waals surface area contributed by atoms with E-state index in [2.05, 4.69) is 10.2 Å². The van der Waals surface area contributed by atoms with Crippen molar-refractivity contribution in [2.45, 2.75) is 44.9 Å². The maximum atomic E-state index is 12.9. The van der Waals surface area contributed by atoms with E-state index in [4.69, 9.17) is 0 Å². The van der Waals surface area contributed by atoms with E-state index in [9.17, 15) is 14.0 Å². The Bertz CT molecular complexity index is 634. The monoisotopic (exact) mass is 389 g/mol. The van der Waals surface area contributed by atoms with Crippen LogP contribution in [0.2, 0.25) is 0 Å². The third-order valence-electron chi connectivity index (χ3n) is 5.91. The van der Waals surface area contributed by atoms with Gasteiger partial charge in [0.15, 0.2) is 0 Å². The van der Waals surface area contributed by atoms with Crippen LogP contribution in [-0.4, -0.2) is 60.9 Å². The molecule has 0 spiro atoms. The minimum absolute atomic E-state index is 0.104. The van der Waals surface area contributed by atoms with Gasteiger partial charge in [-0.3, -0.25) is 9.59 Å². The molecular formula is C22H32FN3O2. The van der Waals surface area contributed by atoms with Crippen molar-refractivity contribution in [1.82, 2.24) is 15.1 Å². The van der Waals surface area contributed by atoms with Gasteiger partial charge in [-0.25, -0.2) is 4.39 Å². The lowest BCUT2D eigenvalue weighted by Gasteiger charge is -2.34. The zero-order valence-corrected chi connectivity index (χ0v) is 16.7. The van der Waals surface area contributed by atoms with Gasteiger partial charge in [-0.15, -0.1) is 0 Å². The lowest BCUT2D eigenvalue weighted by Crippen LogP contribution is -2.42. The zero-order valence-electron chi connectivity index (χ0n) is 16.7. The van der Waals surface area contributed by atoms with Gasteiger partial charge in [-0.1, -0.05) is 12.8 Å². The summed E-state index contributed by atoms with van der Waals surface area (Å²) in [7, 11) is 0. The average molecular weight is 390 g/mol. The van der Waals surface area contributed by atoms with Crippen LogP contribution < -0.4 is 5.32 Å². The molecule has 1 aromatic rings. The molecule has 6 heteroatoms. The molecule has 2 amide bonds. The van der Waals surface area contributed by atoms with Gasteiger partial charge in [-0.2, -0.15) is 0 Å². The number of likely N-dealkylation sites (tertiary alicyclic amines) is 2. The highest BCUT2D eigenvalue weighted by Crippen LogP contribution is 2.20. The lowest BCUT2D eigenvalue weighted by atomic mass is 9.96. The first-order valence-electron chi connectivity index (χ1n) is 10.7. The number of nitrogens with one attached hydrogen (secondary N) is 1. The highest BCUT2D eigenvalue weighted by molar-refractivity contribution is 5.94. The predicted molar refractivity (Wildman–Crippen MR) is 108 cm³/mol.